The molecule has 3 atom stereocenters. The van der Waals surface area contributed by atoms with Gasteiger partial charge in [0.15, 0.2) is 0 Å². The molecule has 0 bridgehead atoms. The highest BCUT2D eigenvalue weighted by Gasteiger charge is 2.44. The van der Waals surface area contributed by atoms with Crippen LogP contribution in [0.4, 0.5) is 0 Å². The van der Waals surface area contributed by atoms with E-state index in [4.69, 9.17) is 5.84 Å². The summed E-state index contributed by atoms with van der Waals surface area (Å²) >= 11 is 3.60. The van der Waals surface area contributed by atoms with Crippen molar-refractivity contribution in [2.45, 2.75) is 25.3 Å². The Labute approximate surface area is 128 Å². The van der Waals surface area contributed by atoms with Crippen molar-refractivity contribution in [3.8, 4) is 0 Å². The fraction of sp³-hybridized carbons (Fsp3) is 0.294. The van der Waals surface area contributed by atoms with Crippen molar-refractivity contribution in [3.05, 3.63) is 69.7 Å². The van der Waals surface area contributed by atoms with Gasteiger partial charge in [0.2, 0.25) is 0 Å². The summed E-state index contributed by atoms with van der Waals surface area (Å²) in [5, 5.41) is 0. The predicted octanol–water partition coefficient (Wildman–Crippen LogP) is 4.07. The van der Waals surface area contributed by atoms with Gasteiger partial charge < -0.3 is 0 Å². The monoisotopic (exact) mass is 330 g/mol. The molecule has 3 N–H and O–H groups in total. The third-order valence-electron chi connectivity index (χ3n) is 4.23. The zero-order valence-electron chi connectivity index (χ0n) is 11.5. The van der Waals surface area contributed by atoms with Crippen LogP contribution in [-0.4, -0.2) is 0 Å². The van der Waals surface area contributed by atoms with E-state index in [0.717, 1.165) is 4.47 Å². The Morgan fingerprint density at radius 3 is 2.60 bits per heavy atom. The summed E-state index contributed by atoms with van der Waals surface area (Å²) in [7, 11) is 0. The Morgan fingerprint density at radius 2 is 1.95 bits per heavy atom. The highest BCUT2D eigenvalue weighted by Crippen LogP contribution is 2.53. The molecule has 0 saturated heterocycles. The number of hydrogen-bond acceptors (Lipinski definition) is 2. The lowest BCUT2D eigenvalue weighted by Gasteiger charge is -2.17. The van der Waals surface area contributed by atoms with Gasteiger partial charge in [0.1, 0.15) is 0 Å². The summed E-state index contributed by atoms with van der Waals surface area (Å²) in [5.41, 5.74) is 6.93. The van der Waals surface area contributed by atoms with Crippen LogP contribution < -0.4 is 11.3 Å². The van der Waals surface area contributed by atoms with E-state index in [1.165, 1.54) is 23.1 Å². The zero-order valence-corrected chi connectivity index (χ0v) is 13.1. The number of halogens is 1. The smallest absolute Gasteiger partial charge is 0.0494 e. The maximum absolute atomic E-state index is 5.81. The van der Waals surface area contributed by atoms with Crippen molar-refractivity contribution in [1.82, 2.24) is 5.43 Å². The van der Waals surface area contributed by atoms with Crippen molar-refractivity contribution in [2.75, 3.05) is 0 Å². The number of rotatable bonds is 4. The maximum atomic E-state index is 5.81. The number of benzene rings is 2. The van der Waals surface area contributed by atoms with Crippen molar-refractivity contribution in [1.29, 1.82) is 0 Å². The van der Waals surface area contributed by atoms with Gasteiger partial charge in [0, 0.05) is 10.5 Å². The number of hydrogen-bond donors (Lipinski definition) is 2. The first kappa shape index (κ1) is 13.8. The minimum Gasteiger partial charge on any atom is -0.271 e. The molecule has 0 radical (unpaired) electrons. The second-order valence-corrected chi connectivity index (χ2v) is 6.42. The van der Waals surface area contributed by atoms with Crippen molar-refractivity contribution < 1.29 is 0 Å². The van der Waals surface area contributed by atoms with Crippen LogP contribution in [0.3, 0.4) is 0 Å². The fourth-order valence-electron chi connectivity index (χ4n) is 2.94. The highest BCUT2D eigenvalue weighted by atomic mass is 79.9. The van der Waals surface area contributed by atoms with Gasteiger partial charge in [-0.1, -0.05) is 58.4 Å². The van der Waals surface area contributed by atoms with Gasteiger partial charge >= 0.3 is 0 Å². The maximum Gasteiger partial charge on any atom is 0.0494 e. The van der Waals surface area contributed by atoms with Crippen LogP contribution in [0.1, 0.15) is 35.1 Å². The molecule has 1 aliphatic rings. The first-order chi connectivity index (χ1) is 9.70. The normalized spacial score (nSPS) is 22.6. The molecule has 0 aliphatic heterocycles. The van der Waals surface area contributed by atoms with E-state index in [1.54, 1.807) is 0 Å². The quantitative estimate of drug-likeness (QED) is 0.655. The summed E-state index contributed by atoms with van der Waals surface area (Å²) in [6.07, 6.45) is 1.20. The lowest BCUT2D eigenvalue weighted by Crippen LogP contribution is -2.29. The molecule has 1 aliphatic carbocycles. The average Bonchev–Trinajstić information content (AvgIpc) is 3.25. The third kappa shape index (κ3) is 2.66. The molecule has 20 heavy (non-hydrogen) atoms. The summed E-state index contributed by atoms with van der Waals surface area (Å²) < 4.78 is 1.15. The molecule has 0 amide bonds. The van der Waals surface area contributed by atoms with Crippen molar-refractivity contribution >= 4 is 15.9 Å². The van der Waals surface area contributed by atoms with E-state index in [0.29, 0.717) is 11.8 Å². The molecule has 3 rings (SSSR count). The van der Waals surface area contributed by atoms with Gasteiger partial charge in [-0.25, -0.2) is 0 Å². The van der Waals surface area contributed by atoms with Crippen LogP contribution in [0.2, 0.25) is 0 Å². The van der Waals surface area contributed by atoms with Crippen LogP contribution in [-0.2, 0) is 0 Å². The van der Waals surface area contributed by atoms with Gasteiger partial charge in [-0.15, -0.1) is 0 Å². The minimum absolute atomic E-state index is 0.220. The third-order valence-corrected chi connectivity index (χ3v) is 5.08. The summed E-state index contributed by atoms with van der Waals surface area (Å²) in [6, 6.07) is 17.4. The van der Waals surface area contributed by atoms with E-state index < -0.39 is 0 Å². The average molecular weight is 331 g/mol. The number of nitrogens with one attached hydrogen (secondary N) is 1. The van der Waals surface area contributed by atoms with E-state index >= 15 is 0 Å². The Hall–Kier alpha value is -1.16. The van der Waals surface area contributed by atoms with Crippen molar-refractivity contribution in [2.24, 2.45) is 11.8 Å². The molecule has 0 heterocycles. The molecule has 3 heteroatoms. The Bertz CT molecular complexity index is 597. The van der Waals surface area contributed by atoms with E-state index in [9.17, 15) is 0 Å². The van der Waals surface area contributed by atoms with Gasteiger partial charge in [-0.2, -0.15) is 0 Å². The van der Waals surface area contributed by atoms with Crippen LogP contribution in [0.15, 0.2) is 53.0 Å². The molecule has 2 nitrogen and oxygen atoms in total. The van der Waals surface area contributed by atoms with Gasteiger partial charge in [-0.3, -0.25) is 11.3 Å². The summed E-state index contributed by atoms with van der Waals surface area (Å²) in [4.78, 5) is 0. The van der Waals surface area contributed by atoms with Crippen LogP contribution >= 0.6 is 15.9 Å². The van der Waals surface area contributed by atoms with Crippen LogP contribution in [0.25, 0.3) is 0 Å². The molecule has 0 aromatic heterocycles. The molecule has 3 unspecified atom stereocenters. The molecule has 2 aromatic carbocycles. The molecular weight excluding hydrogens is 312 g/mol. The molecule has 1 saturated carbocycles. The molecule has 1 fully saturated rings. The molecular formula is C17H19BrN2. The van der Waals surface area contributed by atoms with Crippen LogP contribution in [0.5, 0.6) is 0 Å². The molecule has 104 valence electrons. The number of hydrazine groups is 1. The van der Waals surface area contributed by atoms with Gasteiger partial charge in [0.25, 0.3) is 0 Å². The second-order valence-electron chi connectivity index (χ2n) is 5.57. The summed E-state index contributed by atoms with van der Waals surface area (Å²) in [5.74, 6) is 7.01. The first-order valence-electron chi connectivity index (χ1n) is 6.98. The Balaban J connectivity index is 1.80. The lowest BCUT2D eigenvalue weighted by atomic mass is 9.98. The van der Waals surface area contributed by atoms with Crippen molar-refractivity contribution in [3.63, 3.8) is 0 Å². The number of aryl methyl sites for hydroxylation is 1. The van der Waals surface area contributed by atoms with E-state index in [1.807, 2.05) is 0 Å². The van der Waals surface area contributed by atoms with E-state index in [2.05, 4.69) is 76.8 Å². The lowest BCUT2D eigenvalue weighted by molar-refractivity contribution is 0.487. The predicted molar refractivity (Wildman–Crippen MR) is 86.2 cm³/mol. The van der Waals surface area contributed by atoms with E-state index in [-0.39, 0.29) is 6.04 Å². The molecule has 2 aromatic rings. The standard InChI is InChI=1S/C17H19BrN2/c1-11-7-8-13(9-16(11)18)17(20-19)15-10-14(15)12-5-3-2-4-6-12/h2-9,14-15,17,20H,10,19H2,1H3. The fourth-order valence-corrected chi connectivity index (χ4v) is 3.33. The first-order valence-corrected chi connectivity index (χ1v) is 7.77. The minimum atomic E-state index is 0.220. The van der Waals surface area contributed by atoms with Gasteiger partial charge in [0.05, 0.1) is 0 Å². The Kier molecular flexibility index (Phi) is 3.92. The SMILES string of the molecule is Cc1ccc(C(NN)C2CC2c2ccccc2)cc1Br. The van der Waals surface area contributed by atoms with Crippen LogP contribution in [0, 0.1) is 12.8 Å². The highest BCUT2D eigenvalue weighted by molar-refractivity contribution is 9.10. The topological polar surface area (TPSA) is 38.0 Å². The zero-order chi connectivity index (χ0) is 14.1. The second kappa shape index (κ2) is 5.68. The Morgan fingerprint density at radius 1 is 1.20 bits per heavy atom. The van der Waals surface area contributed by atoms with Gasteiger partial charge in [-0.05, 0) is 47.9 Å². The largest absolute Gasteiger partial charge is 0.271 e. The summed E-state index contributed by atoms with van der Waals surface area (Å²) in [6.45, 7) is 2.10. The molecule has 0 spiro atoms. The number of nitrogens with two attached hydrogens (primary N) is 1.